The molecule has 2 heterocycles. The number of fused-ring (bicyclic) bond motifs is 4. The Bertz CT molecular complexity index is 992. The minimum atomic E-state index is -1.07. The van der Waals surface area contributed by atoms with E-state index in [1.807, 2.05) is 26.8 Å². The van der Waals surface area contributed by atoms with E-state index in [4.69, 9.17) is 9.47 Å². The lowest BCUT2D eigenvalue weighted by Crippen LogP contribution is -2.61. The molecule has 2 aliphatic heterocycles. The van der Waals surface area contributed by atoms with Crippen LogP contribution in [0.5, 0.6) is 0 Å². The summed E-state index contributed by atoms with van der Waals surface area (Å²) in [6, 6.07) is 0. The van der Waals surface area contributed by atoms with E-state index >= 15 is 0 Å². The number of hydrogen-bond donors (Lipinski definition) is 1. The number of esters is 1. The quantitative estimate of drug-likeness (QED) is 0.490. The molecule has 6 aliphatic rings. The number of carbonyl (C=O) groups is 2. The van der Waals surface area contributed by atoms with E-state index in [-0.39, 0.29) is 34.8 Å². The third-order valence-corrected chi connectivity index (χ3v) is 11.6. The Labute approximate surface area is 197 Å². The summed E-state index contributed by atoms with van der Waals surface area (Å²) in [5.74, 6) is 1.28. The van der Waals surface area contributed by atoms with Crippen molar-refractivity contribution in [1.29, 1.82) is 0 Å². The zero-order valence-corrected chi connectivity index (χ0v) is 20.6. The first-order valence-corrected chi connectivity index (χ1v) is 13.0. The predicted molar refractivity (Wildman–Crippen MR) is 123 cm³/mol. The van der Waals surface area contributed by atoms with Crippen molar-refractivity contribution in [2.75, 3.05) is 0 Å². The van der Waals surface area contributed by atoms with Gasteiger partial charge in [-0.15, -0.1) is 0 Å². The zero-order chi connectivity index (χ0) is 23.6. The summed E-state index contributed by atoms with van der Waals surface area (Å²) in [7, 11) is 0. The summed E-state index contributed by atoms with van der Waals surface area (Å²) >= 11 is 0. The lowest BCUT2D eigenvalue weighted by Gasteiger charge is -2.58. The molecule has 0 aromatic rings. The van der Waals surface area contributed by atoms with Crippen LogP contribution in [0.2, 0.25) is 0 Å². The highest BCUT2D eigenvalue weighted by atomic mass is 16.6. The first-order valence-electron chi connectivity index (χ1n) is 13.0. The van der Waals surface area contributed by atoms with Crippen LogP contribution in [0.4, 0.5) is 0 Å². The van der Waals surface area contributed by atoms with Crippen molar-refractivity contribution >= 4 is 11.8 Å². The third kappa shape index (κ3) is 2.56. The molecule has 1 saturated heterocycles. The Kier molecular flexibility index (Phi) is 4.41. The SMILES string of the molecule is CC1=C(C)C(=O)OC([C@](C)(O)[C@H]2CCC3C4C[C@H]5O[C@]56CC=CC(=O)[C@]6(C)C4CC[C@@]32C)C1. The van der Waals surface area contributed by atoms with E-state index in [2.05, 4.69) is 13.8 Å². The molecule has 10 atom stereocenters. The van der Waals surface area contributed by atoms with E-state index in [1.54, 1.807) is 6.08 Å². The molecule has 5 nitrogen and oxygen atoms in total. The summed E-state index contributed by atoms with van der Waals surface area (Å²) in [5, 5.41) is 11.9. The van der Waals surface area contributed by atoms with Crippen molar-refractivity contribution in [3.63, 3.8) is 0 Å². The van der Waals surface area contributed by atoms with Gasteiger partial charge in [0.2, 0.25) is 0 Å². The van der Waals surface area contributed by atoms with Gasteiger partial charge in [0.05, 0.1) is 11.5 Å². The lowest BCUT2D eigenvalue weighted by atomic mass is 9.44. The van der Waals surface area contributed by atoms with Gasteiger partial charge in [0.15, 0.2) is 5.78 Å². The van der Waals surface area contributed by atoms with Crippen molar-refractivity contribution in [1.82, 2.24) is 0 Å². The maximum atomic E-state index is 13.3. The van der Waals surface area contributed by atoms with Crippen LogP contribution in [0, 0.1) is 34.5 Å². The number of aliphatic hydroxyl groups is 1. The normalized spacial score (nSPS) is 52.3. The molecule has 0 bridgehead atoms. The Morgan fingerprint density at radius 2 is 1.88 bits per heavy atom. The first kappa shape index (κ1) is 22.0. The summed E-state index contributed by atoms with van der Waals surface area (Å²) in [4.78, 5) is 25.7. The highest BCUT2D eigenvalue weighted by Gasteiger charge is 2.77. The summed E-state index contributed by atoms with van der Waals surface area (Å²) in [6.07, 6.45) is 10.0. The van der Waals surface area contributed by atoms with Gasteiger partial charge in [-0.05, 0) is 101 Å². The molecular formula is C28H38O5. The van der Waals surface area contributed by atoms with Gasteiger partial charge in [-0.2, -0.15) is 0 Å². The Morgan fingerprint density at radius 1 is 1.12 bits per heavy atom. The second-order valence-electron chi connectivity index (χ2n) is 12.7. The second kappa shape index (κ2) is 6.60. The molecule has 3 saturated carbocycles. The van der Waals surface area contributed by atoms with E-state index in [9.17, 15) is 14.7 Å². The van der Waals surface area contributed by atoms with Crippen LogP contribution in [0.3, 0.4) is 0 Å². The zero-order valence-electron chi connectivity index (χ0n) is 20.6. The Morgan fingerprint density at radius 3 is 2.61 bits per heavy atom. The molecule has 5 heteroatoms. The molecule has 4 unspecified atom stereocenters. The lowest BCUT2D eigenvalue weighted by molar-refractivity contribution is -0.183. The molecule has 33 heavy (non-hydrogen) atoms. The highest BCUT2D eigenvalue weighted by molar-refractivity contribution is 5.97. The molecule has 0 radical (unpaired) electrons. The fourth-order valence-corrected chi connectivity index (χ4v) is 9.48. The van der Waals surface area contributed by atoms with Crippen molar-refractivity contribution in [3.8, 4) is 0 Å². The van der Waals surface area contributed by atoms with Gasteiger partial charge >= 0.3 is 5.97 Å². The minimum absolute atomic E-state index is 0.0278. The summed E-state index contributed by atoms with van der Waals surface area (Å²) in [5.41, 5.74) is -0.0977. The monoisotopic (exact) mass is 454 g/mol. The number of epoxide rings is 1. The van der Waals surface area contributed by atoms with Crippen LogP contribution >= 0.6 is 0 Å². The minimum Gasteiger partial charge on any atom is -0.456 e. The van der Waals surface area contributed by atoms with Crippen LogP contribution in [-0.4, -0.2) is 40.3 Å². The first-order chi connectivity index (χ1) is 15.5. The largest absolute Gasteiger partial charge is 0.456 e. The summed E-state index contributed by atoms with van der Waals surface area (Å²) in [6.45, 7) is 10.2. The Hall–Kier alpha value is -1.46. The van der Waals surface area contributed by atoms with Crippen molar-refractivity contribution in [3.05, 3.63) is 23.3 Å². The van der Waals surface area contributed by atoms with Gasteiger partial charge in [0.1, 0.15) is 17.3 Å². The molecule has 6 rings (SSSR count). The van der Waals surface area contributed by atoms with Crippen LogP contribution < -0.4 is 0 Å². The van der Waals surface area contributed by atoms with Gasteiger partial charge in [0.25, 0.3) is 0 Å². The molecular weight excluding hydrogens is 416 g/mol. The van der Waals surface area contributed by atoms with Crippen molar-refractivity contribution in [2.45, 2.75) is 103 Å². The molecule has 180 valence electrons. The van der Waals surface area contributed by atoms with E-state index in [0.29, 0.717) is 29.7 Å². The average Bonchev–Trinajstić information content (AvgIpc) is 3.34. The topological polar surface area (TPSA) is 76.1 Å². The van der Waals surface area contributed by atoms with Gasteiger partial charge < -0.3 is 14.6 Å². The Balaban J connectivity index is 1.31. The fraction of sp³-hybridized carbons (Fsp3) is 0.786. The molecule has 1 N–H and O–H groups in total. The average molecular weight is 455 g/mol. The summed E-state index contributed by atoms with van der Waals surface area (Å²) < 4.78 is 12.1. The van der Waals surface area contributed by atoms with Crippen molar-refractivity contribution in [2.24, 2.45) is 34.5 Å². The second-order valence-corrected chi connectivity index (χ2v) is 12.7. The number of hydrogen-bond acceptors (Lipinski definition) is 5. The number of rotatable bonds is 2. The van der Waals surface area contributed by atoms with E-state index in [1.165, 1.54) is 0 Å². The predicted octanol–water partition coefficient (Wildman–Crippen LogP) is 4.52. The molecule has 4 aliphatic carbocycles. The highest BCUT2D eigenvalue weighted by Crippen LogP contribution is 2.73. The van der Waals surface area contributed by atoms with Crippen LogP contribution in [-0.2, 0) is 19.1 Å². The maximum Gasteiger partial charge on any atom is 0.334 e. The molecule has 0 aromatic heterocycles. The maximum absolute atomic E-state index is 13.3. The van der Waals surface area contributed by atoms with Crippen LogP contribution in [0.1, 0.15) is 79.6 Å². The number of carbonyl (C=O) groups excluding carboxylic acids is 2. The van der Waals surface area contributed by atoms with E-state index < -0.39 is 17.1 Å². The number of cyclic esters (lactones) is 1. The van der Waals surface area contributed by atoms with Crippen LogP contribution in [0.15, 0.2) is 23.3 Å². The van der Waals surface area contributed by atoms with Gasteiger partial charge in [-0.25, -0.2) is 4.79 Å². The van der Waals surface area contributed by atoms with Crippen LogP contribution in [0.25, 0.3) is 0 Å². The van der Waals surface area contributed by atoms with Crippen molar-refractivity contribution < 1.29 is 24.2 Å². The smallest absolute Gasteiger partial charge is 0.334 e. The van der Waals surface area contributed by atoms with E-state index in [0.717, 1.165) is 44.1 Å². The molecule has 1 spiro atoms. The molecule has 0 amide bonds. The van der Waals surface area contributed by atoms with Gasteiger partial charge in [0, 0.05) is 12.0 Å². The standard InChI is InChI=1S/C28H38O5/c1-15-13-22(32-24(30)16(15)2)27(5,31)20-9-8-18-17-14-23-28(33-23)11-6-7-21(29)26(28,4)19(17)10-12-25(18,20)3/h6-7,17-20,22-23,31H,8-14H2,1-5H3/t17?,18?,19?,20-,22?,23+,25-,26-,27+,28+/m0/s1. The fourth-order valence-electron chi connectivity index (χ4n) is 9.48. The molecule has 4 fully saturated rings. The molecule has 0 aromatic carbocycles. The van der Waals surface area contributed by atoms with Gasteiger partial charge in [-0.1, -0.05) is 18.6 Å². The van der Waals surface area contributed by atoms with Gasteiger partial charge in [-0.3, -0.25) is 4.79 Å². The number of ketones is 1. The number of ether oxygens (including phenoxy) is 2. The number of allylic oxidation sites excluding steroid dienone is 1. The third-order valence-electron chi connectivity index (χ3n) is 11.6.